The molecule has 2 atom stereocenters. The van der Waals surface area contributed by atoms with Crippen molar-refractivity contribution in [1.82, 2.24) is 14.9 Å². The maximum absolute atomic E-state index is 14.8. The van der Waals surface area contributed by atoms with Crippen LogP contribution < -0.4 is 10.9 Å². The summed E-state index contributed by atoms with van der Waals surface area (Å²) in [6, 6.07) is 3.03. The van der Waals surface area contributed by atoms with Gasteiger partial charge in [-0.15, -0.1) is 0 Å². The molecule has 0 saturated heterocycles. The van der Waals surface area contributed by atoms with Gasteiger partial charge in [0.2, 0.25) is 6.41 Å². The highest BCUT2D eigenvalue weighted by Gasteiger charge is 2.34. The Kier molecular flexibility index (Phi) is 5.56. The number of ether oxygens (including phenoxy) is 1. The van der Waals surface area contributed by atoms with Crippen LogP contribution in [0.4, 0.5) is 4.39 Å². The van der Waals surface area contributed by atoms with Gasteiger partial charge in [-0.05, 0) is 54.5 Å². The van der Waals surface area contributed by atoms with Gasteiger partial charge in [0.25, 0.3) is 5.56 Å². The van der Waals surface area contributed by atoms with Crippen molar-refractivity contribution in [3.63, 3.8) is 0 Å². The third-order valence-electron chi connectivity index (χ3n) is 7.33. The van der Waals surface area contributed by atoms with Gasteiger partial charge in [0.05, 0.1) is 36.1 Å². The lowest BCUT2D eigenvalue weighted by atomic mass is 9.82. The number of halogens is 1. The van der Waals surface area contributed by atoms with E-state index in [1.54, 1.807) is 11.5 Å². The minimum Gasteiger partial charge on any atom is -0.380 e. The van der Waals surface area contributed by atoms with Crippen molar-refractivity contribution in [3.8, 4) is 11.4 Å². The first-order valence-corrected chi connectivity index (χ1v) is 11.5. The molecular weight excluding hydrogens is 437 g/mol. The summed E-state index contributed by atoms with van der Waals surface area (Å²) in [5.74, 6) is -0.760. The second-order valence-corrected chi connectivity index (χ2v) is 9.02. The van der Waals surface area contributed by atoms with Crippen molar-refractivity contribution in [1.29, 1.82) is 0 Å². The molecular formula is C26H26FN3O4. The highest BCUT2D eigenvalue weighted by atomic mass is 19.1. The Hall–Kier alpha value is -3.39. The zero-order valence-electron chi connectivity index (χ0n) is 19.4. The van der Waals surface area contributed by atoms with Crippen LogP contribution in [0.25, 0.3) is 22.3 Å². The molecule has 34 heavy (non-hydrogen) atoms. The Morgan fingerprint density at radius 3 is 2.79 bits per heavy atom. The molecule has 1 N–H and O–H groups in total. The average molecular weight is 464 g/mol. The van der Waals surface area contributed by atoms with Gasteiger partial charge >= 0.3 is 0 Å². The van der Waals surface area contributed by atoms with Crippen LogP contribution in [-0.2, 0) is 33.9 Å². The number of nitrogens with zero attached hydrogens (tertiary/aromatic N) is 2. The highest BCUT2D eigenvalue weighted by molar-refractivity contribution is 5.93. The van der Waals surface area contributed by atoms with Crippen LogP contribution in [0, 0.1) is 12.7 Å². The van der Waals surface area contributed by atoms with Crippen LogP contribution in [0.5, 0.6) is 0 Å². The summed E-state index contributed by atoms with van der Waals surface area (Å²) in [7, 11) is 1.52. The molecule has 0 bridgehead atoms. The van der Waals surface area contributed by atoms with Crippen LogP contribution in [0.3, 0.4) is 0 Å². The number of pyridine rings is 2. The third-order valence-corrected chi connectivity index (χ3v) is 7.33. The smallest absolute Gasteiger partial charge is 0.257 e. The number of benzene rings is 1. The minimum atomic E-state index is -0.442. The number of carbonyl (C=O) groups is 2. The Balaban J connectivity index is 1.85. The molecule has 1 aromatic carbocycles. The van der Waals surface area contributed by atoms with Gasteiger partial charge in [-0.1, -0.05) is 6.92 Å². The Bertz CT molecular complexity index is 1410. The largest absolute Gasteiger partial charge is 0.380 e. The predicted molar refractivity (Wildman–Crippen MR) is 125 cm³/mol. The number of fused-ring (bicyclic) bond motifs is 4. The van der Waals surface area contributed by atoms with E-state index in [2.05, 4.69) is 5.32 Å². The summed E-state index contributed by atoms with van der Waals surface area (Å²) in [5, 5.41) is 3.78. The second-order valence-electron chi connectivity index (χ2n) is 9.02. The van der Waals surface area contributed by atoms with Gasteiger partial charge < -0.3 is 19.4 Å². The monoisotopic (exact) mass is 463 g/mol. The average Bonchev–Trinajstić information content (AvgIpc) is 3.20. The molecule has 0 fully saturated rings. The van der Waals surface area contributed by atoms with Crippen LogP contribution in [-0.4, -0.2) is 29.4 Å². The third kappa shape index (κ3) is 3.12. The number of nitrogens with one attached hydrogen (secondary N) is 1. The van der Waals surface area contributed by atoms with Crippen molar-refractivity contribution in [2.75, 3.05) is 7.11 Å². The van der Waals surface area contributed by atoms with Crippen molar-refractivity contribution in [2.24, 2.45) is 0 Å². The van der Waals surface area contributed by atoms with E-state index >= 15 is 0 Å². The van der Waals surface area contributed by atoms with E-state index in [1.165, 1.54) is 13.2 Å². The molecule has 0 spiro atoms. The fourth-order valence-electron chi connectivity index (χ4n) is 5.62. The quantitative estimate of drug-likeness (QED) is 0.424. The number of hydrogen-bond acceptors (Lipinski definition) is 5. The van der Waals surface area contributed by atoms with E-state index in [1.807, 2.05) is 13.0 Å². The van der Waals surface area contributed by atoms with Gasteiger partial charge in [0.1, 0.15) is 12.1 Å². The van der Waals surface area contributed by atoms with Gasteiger partial charge in [-0.2, -0.15) is 0 Å². The van der Waals surface area contributed by atoms with Crippen molar-refractivity contribution < 1.29 is 18.7 Å². The molecule has 0 saturated carbocycles. The lowest BCUT2D eigenvalue weighted by Gasteiger charge is -2.28. The lowest BCUT2D eigenvalue weighted by molar-refractivity contribution is -0.110. The molecule has 1 aliphatic heterocycles. The first-order chi connectivity index (χ1) is 16.4. The van der Waals surface area contributed by atoms with Gasteiger partial charge in [-0.3, -0.25) is 9.59 Å². The van der Waals surface area contributed by atoms with Crippen molar-refractivity contribution in [2.45, 2.75) is 58.2 Å². The molecule has 0 radical (unpaired) electrons. The number of aromatic nitrogens is 2. The zero-order valence-corrected chi connectivity index (χ0v) is 19.4. The van der Waals surface area contributed by atoms with Crippen LogP contribution in [0.1, 0.15) is 65.1 Å². The van der Waals surface area contributed by atoms with Gasteiger partial charge in [0.15, 0.2) is 0 Å². The molecule has 3 aromatic rings. The molecule has 1 aliphatic carbocycles. The first kappa shape index (κ1) is 22.4. The Morgan fingerprint density at radius 1 is 1.32 bits per heavy atom. The second kappa shape index (κ2) is 8.43. The van der Waals surface area contributed by atoms with Crippen LogP contribution >= 0.6 is 0 Å². The standard InChI is InChI=1S/C26H26FN3O4/c1-4-14(10-31)16-7-22-25-17(9-30(22)26(33)18(16)11-34-3)24-20(28-12-32)6-5-15-13(2)19(27)8-21(29-25)23(15)24/h7-8,10,12,14,20H,4-6,9,11H2,1-3H3,(H,28,32). The maximum Gasteiger partial charge on any atom is 0.257 e. The number of hydrogen-bond donors (Lipinski definition) is 1. The minimum absolute atomic E-state index is 0.0985. The number of rotatable bonds is 7. The van der Waals surface area contributed by atoms with Crippen LogP contribution in [0.2, 0.25) is 0 Å². The number of aryl methyl sites for hydroxylation is 1. The fourth-order valence-corrected chi connectivity index (χ4v) is 5.62. The van der Waals surface area contributed by atoms with Crippen molar-refractivity contribution in [3.05, 3.63) is 61.7 Å². The SMILES string of the molecule is CCC(C=O)c1cc2n(c(=O)c1COC)Cc1c-2nc2cc(F)c(C)c3c2c1C(NC=O)CC3. The highest BCUT2D eigenvalue weighted by Crippen LogP contribution is 2.44. The zero-order chi connectivity index (χ0) is 24.1. The van der Waals surface area contributed by atoms with E-state index in [0.29, 0.717) is 65.8 Å². The molecule has 1 amide bonds. The summed E-state index contributed by atoms with van der Waals surface area (Å²) in [6.45, 7) is 4.05. The van der Waals surface area contributed by atoms with Crippen molar-refractivity contribution >= 4 is 23.6 Å². The molecule has 2 unspecified atom stereocenters. The number of amides is 1. The lowest BCUT2D eigenvalue weighted by Crippen LogP contribution is -2.27. The van der Waals surface area contributed by atoms with E-state index in [4.69, 9.17) is 9.72 Å². The summed E-state index contributed by atoms with van der Waals surface area (Å²) < 4.78 is 21.7. The van der Waals surface area contributed by atoms with E-state index in [-0.39, 0.29) is 24.0 Å². The first-order valence-electron chi connectivity index (χ1n) is 11.5. The molecule has 5 rings (SSSR count). The van der Waals surface area contributed by atoms with E-state index in [9.17, 15) is 18.8 Å². The van der Waals surface area contributed by atoms with Crippen LogP contribution in [0.15, 0.2) is 16.9 Å². The number of aldehydes is 1. The molecule has 8 heteroatoms. The van der Waals surface area contributed by atoms with Gasteiger partial charge in [-0.25, -0.2) is 9.37 Å². The fraction of sp³-hybridized carbons (Fsp3) is 0.385. The summed E-state index contributed by atoms with van der Waals surface area (Å²) in [5.41, 5.74) is 5.84. The molecule has 2 aromatic heterocycles. The molecule has 2 aliphatic rings. The normalized spacial score (nSPS) is 16.8. The summed E-state index contributed by atoms with van der Waals surface area (Å²) in [4.78, 5) is 41.6. The molecule has 7 nitrogen and oxygen atoms in total. The molecule has 176 valence electrons. The number of methoxy groups -OCH3 is 1. The topological polar surface area (TPSA) is 90.3 Å². The number of carbonyl (C=O) groups excluding carboxylic acids is 2. The predicted octanol–water partition coefficient (Wildman–Crippen LogP) is 3.44. The maximum atomic E-state index is 14.8. The summed E-state index contributed by atoms with van der Waals surface area (Å²) >= 11 is 0. The van der Waals surface area contributed by atoms with E-state index < -0.39 is 5.92 Å². The Labute approximate surface area is 196 Å². The molecule has 3 heterocycles. The Morgan fingerprint density at radius 2 is 2.12 bits per heavy atom. The van der Waals surface area contributed by atoms with Gasteiger partial charge in [0, 0.05) is 35.6 Å². The van der Waals surface area contributed by atoms with E-state index in [0.717, 1.165) is 28.4 Å². The summed E-state index contributed by atoms with van der Waals surface area (Å²) in [6.07, 6.45) is 3.35.